The molecule has 0 amide bonds. The average Bonchev–Trinajstić information content (AvgIpc) is 2.11. The third-order valence-corrected chi connectivity index (χ3v) is 3.31. The van der Waals surface area contributed by atoms with Gasteiger partial charge in [-0.05, 0) is 50.3 Å². The van der Waals surface area contributed by atoms with Gasteiger partial charge in [0.05, 0.1) is 0 Å². The number of halogens is 3. The third kappa shape index (κ3) is 3.85. The van der Waals surface area contributed by atoms with Crippen LogP contribution in [0.2, 0.25) is 0 Å². The van der Waals surface area contributed by atoms with E-state index in [9.17, 15) is 0 Å². The van der Waals surface area contributed by atoms with Crippen molar-refractivity contribution >= 4 is 44.3 Å². The summed E-state index contributed by atoms with van der Waals surface area (Å²) in [5.41, 5.74) is 7.08. The summed E-state index contributed by atoms with van der Waals surface area (Å²) < 4.78 is 2.04. The van der Waals surface area contributed by atoms with Crippen molar-refractivity contribution in [3.63, 3.8) is 0 Å². The lowest BCUT2D eigenvalue weighted by atomic mass is 10.1. The molecule has 0 saturated carbocycles. The third-order valence-electron chi connectivity index (χ3n) is 1.94. The Labute approximate surface area is 107 Å². The van der Waals surface area contributed by atoms with Crippen LogP contribution in [0.5, 0.6) is 0 Å². The maximum Gasteiger partial charge on any atom is 0.0413 e. The molecular formula is C9H13Br2ClN2. The Balaban J connectivity index is 0.00000169. The normalized spacial score (nSPS) is 12.0. The van der Waals surface area contributed by atoms with Gasteiger partial charge in [-0.2, -0.15) is 0 Å². The SMILES string of the molecule is CCC(N)Cc1c(Br)cncc1Br.Cl. The van der Waals surface area contributed by atoms with Gasteiger partial charge in [0, 0.05) is 27.4 Å². The second kappa shape index (κ2) is 6.77. The quantitative estimate of drug-likeness (QED) is 0.914. The van der Waals surface area contributed by atoms with Crippen molar-refractivity contribution in [2.75, 3.05) is 0 Å². The molecule has 1 aromatic heterocycles. The Morgan fingerprint density at radius 3 is 2.29 bits per heavy atom. The highest BCUT2D eigenvalue weighted by atomic mass is 79.9. The van der Waals surface area contributed by atoms with Crippen molar-refractivity contribution in [3.05, 3.63) is 26.9 Å². The molecule has 1 unspecified atom stereocenters. The number of rotatable bonds is 3. The highest BCUT2D eigenvalue weighted by Crippen LogP contribution is 2.25. The Kier molecular flexibility index (Phi) is 6.95. The maximum atomic E-state index is 5.88. The van der Waals surface area contributed by atoms with Crippen molar-refractivity contribution in [2.45, 2.75) is 25.8 Å². The van der Waals surface area contributed by atoms with Crippen molar-refractivity contribution in [1.29, 1.82) is 0 Å². The minimum atomic E-state index is 0. The highest BCUT2D eigenvalue weighted by Gasteiger charge is 2.08. The number of hydrogen-bond donors (Lipinski definition) is 1. The first-order chi connectivity index (χ1) is 6.15. The van der Waals surface area contributed by atoms with Crippen molar-refractivity contribution in [3.8, 4) is 0 Å². The van der Waals surface area contributed by atoms with Gasteiger partial charge in [-0.1, -0.05) is 6.92 Å². The molecule has 1 aromatic rings. The number of aromatic nitrogens is 1. The molecule has 0 radical (unpaired) electrons. The van der Waals surface area contributed by atoms with Crippen LogP contribution in [0.25, 0.3) is 0 Å². The van der Waals surface area contributed by atoms with Crippen LogP contribution in [0.4, 0.5) is 0 Å². The van der Waals surface area contributed by atoms with Gasteiger partial charge in [-0.3, -0.25) is 4.98 Å². The molecule has 0 aliphatic carbocycles. The molecule has 1 rings (SSSR count). The zero-order chi connectivity index (χ0) is 9.84. The minimum absolute atomic E-state index is 0. The molecule has 1 atom stereocenters. The zero-order valence-electron chi connectivity index (χ0n) is 7.84. The van der Waals surface area contributed by atoms with Crippen LogP contribution >= 0.6 is 44.3 Å². The lowest BCUT2D eigenvalue weighted by molar-refractivity contribution is 0.643. The predicted molar refractivity (Wildman–Crippen MR) is 68.9 cm³/mol. The van der Waals surface area contributed by atoms with E-state index in [-0.39, 0.29) is 18.4 Å². The van der Waals surface area contributed by atoms with E-state index in [1.54, 1.807) is 12.4 Å². The van der Waals surface area contributed by atoms with E-state index in [1.165, 1.54) is 5.56 Å². The van der Waals surface area contributed by atoms with E-state index in [1.807, 2.05) is 0 Å². The predicted octanol–water partition coefficient (Wildman–Crippen LogP) is 3.31. The van der Waals surface area contributed by atoms with Gasteiger partial charge >= 0.3 is 0 Å². The molecule has 0 fully saturated rings. The fourth-order valence-electron chi connectivity index (χ4n) is 1.04. The molecule has 0 aliphatic rings. The second-order valence-corrected chi connectivity index (χ2v) is 4.66. The fraction of sp³-hybridized carbons (Fsp3) is 0.444. The zero-order valence-corrected chi connectivity index (χ0v) is 11.8. The van der Waals surface area contributed by atoms with E-state index < -0.39 is 0 Å². The van der Waals surface area contributed by atoms with E-state index in [0.29, 0.717) is 0 Å². The molecule has 0 bridgehead atoms. The van der Waals surface area contributed by atoms with Gasteiger partial charge in [0.2, 0.25) is 0 Å². The summed E-state index contributed by atoms with van der Waals surface area (Å²) in [7, 11) is 0. The summed E-state index contributed by atoms with van der Waals surface area (Å²) in [5, 5.41) is 0. The standard InChI is InChI=1S/C9H12Br2N2.ClH/c1-2-6(12)3-7-8(10)4-13-5-9(7)11;/h4-6H,2-3,12H2,1H3;1H. The van der Waals surface area contributed by atoms with Crippen molar-refractivity contribution < 1.29 is 0 Å². The molecule has 80 valence electrons. The lowest BCUT2D eigenvalue weighted by Crippen LogP contribution is -2.21. The number of nitrogens with zero attached hydrogens (tertiary/aromatic N) is 1. The second-order valence-electron chi connectivity index (χ2n) is 2.95. The first-order valence-corrected chi connectivity index (χ1v) is 5.77. The highest BCUT2D eigenvalue weighted by molar-refractivity contribution is 9.11. The van der Waals surface area contributed by atoms with Crippen LogP contribution in [0.15, 0.2) is 21.3 Å². The first kappa shape index (κ1) is 14.4. The van der Waals surface area contributed by atoms with E-state index in [2.05, 4.69) is 43.8 Å². The smallest absolute Gasteiger partial charge is 0.0413 e. The van der Waals surface area contributed by atoms with Crippen LogP contribution in [0.1, 0.15) is 18.9 Å². The fourth-order valence-corrected chi connectivity index (χ4v) is 2.29. The molecule has 0 aliphatic heterocycles. The molecule has 0 spiro atoms. The monoisotopic (exact) mass is 342 g/mol. The molecule has 2 N–H and O–H groups in total. The molecule has 2 nitrogen and oxygen atoms in total. The Morgan fingerprint density at radius 2 is 1.86 bits per heavy atom. The number of nitrogens with two attached hydrogens (primary N) is 1. The lowest BCUT2D eigenvalue weighted by Gasteiger charge is -2.11. The van der Waals surface area contributed by atoms with Crippen LogP contribution in [0, 0.1) is 0 Å². The Hall–Kier alpha value is 0.360. The molecule has 0 saturated heterocycles. The topological polar surface area (TPSA) is 38.9 Å². The van der Waals surface area contributed by atoms with Gasteiger partial charge in [0.25, 0.3) is 0 Å². The maximum absolute atomic E-state index is 5.88. The van der Waals surface area contributed by atoms with Gasteiger partial charge in [-0.15, -0.1) is 12.4 Å². The summed E-state index contributed by atoms with van der Waals surface area (Å²) in [5.74, 6) is 0. The molecule has 1 heterocycles. The number of pyridine rings is 1. The van der Waals surface area contributed by atoms with E-state index in [4.69, 9.17) is 5.73 Å². The summed E-state index contributed by atoms with van der Waals surface area (Å²) in [6.45, 7) is 2.09. The summed E-state index contributed by atoms with van der Waals surface area (Å²) in [6.07, 6.45) is 5.45. The van der Waals surface area contributed by atoms with Crippen LogP contribution in [-0.2, 0) is 6.42 Å². The van der Waals surface area contributed by atoms with Crippen LogP contribution < -0.4 is 5.73 Å². The number of hydrogen-bond acceptors (Lipinski definition) is 2. The largest absolute Gasteiger partial charge is 0.327 e. The van der Waals surface area contributed by atoms with Gasteiger partial charge in [0.1, 0.15) is 0 Å². The molecule has 5 heteroatoms. The minimum Gasteiger partial charge on any atom is -0.327 e. The van der Waals surface area contributed by atoms with Gasteiger partial charge in [0.15, 0.2) is 0 Å². The molecule has 14 heavy (non-hydrogen) atoms. The Morgan fingerprint density at radius 1 is 1.36 bits per heavy atom. The summed E-state index contributed by atoms with van der Waals surface area (Å²) >= 11 is 6.91. The van der Waals surface area contributed by atoms with Crippen LogP contribution in [0.3, 0.4) is 0 Å². The van der Waals surface area contributed by atoms with Gasteiger partial charge < -0.3 is 5.73 Å². The first-order valence-electron chi connectivity index (χ1n) is 4.18. The Bertz CT molecular complexity index is 274. The molecular weight excluding hydrogens is 331 g/mol. The van der Waals surface area contributed by atoms with E-state index in [0.717, 1.165) is 21.8 Å². The van der Waals surface area contributed by atoms with Gasteiger partial charge in [-0.25, -0.2) is 0 Å². The average molecular weight is 344 g/mol. The molecule has 0 aromatic carbocycles. The summed E-state index contributed by atoms with van der Waals surface area (Å²) in [6, 6.07) is 0.218. The van der Waals surface area contributed by atoms with Crippen molar-refractivity contribution in [1.82, 2.24) is 4.98 Å². The van der Waals surface area contributed by atoms with Crippen LogP contribution in [-0.4, -0.2) is 11.0 Å². The summed E-state index contributed by atoms with van der Waals surface area (Å²) in [4.78, 5) is 4.04. The van der Waals surface area contributed by atoms with Crippen molar-refractivity contribution in [2.24, 2.45) is 5.73 Å². The van der Waals surface area contributed by atoms with E-state index >= 15 is 0 Å².